The van der Waals surface area contributed by atoms with Gasteiger partial charge in [-0.1, -0.05) is 0 Å². The van der Waals surface area contributed by atoms with Crippen LogP contribution in [0.1, 0.15) is 45.4 Å². The lowest BCUT2D eigenvalue weighted by Crippen LogP contribution is -2.39. The van der Waals surface area contributed by atoms with Gasteiger partial charge in [0.15, 0.2) is 5.78 Å². The van der Waals surface area contributed by atoms with Crippen molar-refractivity contribution in [3.05, 3.63) is 22.5 Å². The Hall–Kier alpha value is -2.18. The fraction of sp³-hybridized carbons (Fsp3) is 0.500. The predicted octanol–water partition coefficient (Wildman–Crippen LogP) is 1.47. The lowest BCUT2D eigenvalue weighted by atomic mass is 10.1. The lowest BCUT2D eigenvalue weighted by molar-refractivity contribution is -0.149. The zero-order valence-electron chi connectivity index (χ0n) is 12.1. The molecule has 1 fully saturated rings. The van der Waals surface area contributed by atoms with E-state index in [9.17, 15) is 18.8 Å². The van der Waals surface area contributed by atoms with Gasteiger partial charge in [0, 0.05) is 24.2 Å². The van der Waals surface area contributed by atoms with Crippen molar-refractivity contribution in [3.8, 4) is 0 Å². The van der Waals surface area contributed by atoms with Gasteiger partial charge in [0.25, 0.3) is 5.91 Å². The summed E-state index contributed by atoms with van der Waals surface area (Å²) in [5.41, 5.74) is -0.646. The molecular formula is C14H17FN2O4. The van der Waals surface area contributed by atoms with Gasteiger partial charge in [0.2, 0.25) is 5.67 Å². The second-order valence-electron chi connectivity index (χ2n) is 5.43. The van der Waals surface area contributed by atoms with Crippen LogP contribution in [0.2, 0.25) is 0 Å². The van der Waals surface area contributed by atoms with E-state index in [1.54, 1.807) is 13.8 Å². The van der Waals surface area contributed by atoms with Gasteiger partial charge >= 0.3 is 5.97 Å². The number of H-pyrrole nitrogens is 1. The highest BCUT2D eigenvalue weighted by atomic mass is 19.1. The summed E-state index contributed by atoms with van der Waals surface area (Å²) in [6.45, 7) is 4.29. The minimum absolute atomic E-state index is 0.0363. The average molecular weight is 296 g/mol. The van der Waals surface area contributed by atoms with Crippen LogP contribution >= 0.6 is 0 Å². The number of carbonyl (C=O) groups excluding carboxylic acids is 2. The molecule has 1 saturated heterocycles. The molecule has 1 aliphatic heterocycles. The van der Waals surface area contributed by atoms with Crippen LogP contribution in [-0.2, 0) is 4.79 Å². The molecule has 7 heteroatoms. The Kier molecular flexibility index (Phi) is 3.61. The van der Waals surface area contributed by atoms with Gasteiger partial charge in [-0.15, -0.1) is 0 Å². The molecule has 0 bridgehead atoms. The topological polar surface area (TPSA) is 90.5 Å². The molecule has 1 aromatic heterocycles. The second-order valence-corrected chi connectivity index (χ2v) is 5.43. The van der Waals surface area contributed by atoms with Crippen molar-refractivity contribution in [2.75, 3.05) is 13.1 Å². The molecular weight excluding hydrogens is 279 g/mol. The van der Waals surface area contributed by atoms with Gasteiger partial charge in [-0.3, -0.25) is 9.59 Å². The van der Waals surface area contributed by atoms with E-state index in [-0.39, 0.29) is 24.4 Å². The Bertz CT molecular complexity index is 637. The minimum atomic E-state index is -2.39. The molecule has 114 valence electrons. The minimum Gasteiger partial charge on any atom is -0.479 e. The Morgan fingerprint density at radius 1 is 1.33 bits per heavy atom. The number of Topliss-reactive ketones (excluding diaryl/α,β-unsaturated/α-hetero) is 1. The molecule has 1 unspecified atom stereocenters. The number of carbonyl (C=O) groups is 3. The Morgan fingerprint density at radius 2 is 1.95 bits per heavy atom. The number of hydrogen-bond donors (Lipinski definition) is 2. The fourth-order valence-electron chi connectivity index (χ4n) is 2.77. The van der Waals surface area contributed by atoms with Crippen LogP contribution in [-0.4, -0.2) is 51.4 Å². The summed E-state index contributed by atoms with van der Waals surface area (Å²) in [4.78, 5) is 38.8. The zero-order valence-corrected chi connectivity index (χ0v) is 12.1. The molecule has 1 atom stereocenters. The van der Waals surface area contributed by atoms with Crippen LogP contribution in [0.5, 0.6) is 0 Å². The first-order chi connectivity index (χ1) is 9.67. The van der Waals surface area contributed by atoms with E-state index in [0.717, 1.165) is 4.90 Å². The molecule has 1 amide bonds. The molecule has 0 saturated carbocycles. The third kappa shape index (κ3) is 2.43. The molecule has 0 spiro atoms. The maximum absolute atomic E-state index is 14.0. The van der Waals surface area contributed by atoms with E-state index in [2.05, 4.69) is 4.98 Å². The highest BCUT2D eigenvalue weighted by Crippen LogP contribution is 2.28. The van der Waals surface area contributed by atoms with Crippen molar-refractivity contribution in [3.63, 3.8) is 0 Å². The number of nitrogens with zero attached hydrogens (tertiary/aromatic N) is 1. The molecule has 0 radical (unpaired) electrons. The van der Waals surface area contributed by atoms with Gasteiger partial charge in [-0.05, 0) is 26.3 Å². The number of hydrogen-bond acceptors (Lipinski definition) is 3. The molecule has 1 aromatic rings. The molecule has 21 heavy (non-hydrogen) atoms. The van der Waals surface area contributed by atoms with E-state index in [4.69, 9.17) is 5.11 Å². The Balaban J connectivity index is 2.29. The van der Waals surface area contributed by atoms with Gasteiger partial charge in [-0.2, -0.15) is 0 Å². The van der Waals surface area contributed by atoms with Crippen molar-refractivity contribution in [1.29, 1.82) is 0 Å². The SMILES string of the molecule is CC(=O)c1c(C)[nH]c(C(=O)N2CCC(F)(C(=O)O)C2)c1C. The number of rotatable bonds is 3. The predicted molar refractivity (Wildman–Crippen MR) is 72.3 cm³/mol. The summed E-state index contributed by atoms with van der Waals surface area (Å²) in [5, 5.41) is 8.85. The summed E-state index contributed by atoms with van der Waals surface area (Å²) in [5.74, 6) is -2.20. The summed E-state index contributed by atoms with van der Waals surface area (Å²) < 4.78 is 14.0. The molecule has 1 aliphatic rings. The van der Waals surface area contributed by atoms with Crippen LogP contribution in [0.15, 0.2) is 0 Å². The summed E-state index contributed by atoms with van der Waals surface area (Å²) in [6.07, 6.45) is -0.230. The van der Waals surface area contributed by atoms with Crippen LogP contribution in [0, 0.1) is 13.8 Å². The number of aromatic nitrogens is 1. The normalized spacial score (nSPS) is 21.6. The van der Waals surface area contributed by atoms with Gasteiger partial charge in [0.05, 0.1) is 6.54 Å². The number of carboxylic acid groups (broad SMARTS) is 1. The van der Waals surface area contributed by atoms with E-state index in [1.165, 1.54) is 6.92 Å². The van der Waals surface area contributed by atoms with Crippen molar-refractivity contribution in [1.82, 2.24) is 9.88 Å². The van der Waals surface area contributed by atoms with Crippen molar-refractivity contribution < 1.29 is 23.9 Å². The molecule has 6 nitrogen and oxygen atoms in total. The van der Waals surface area contributed by atoms with E-state index < -0.39 is 24.1 Å². The van der Waals surface area contributed by atoms with E-state index in [1.807, 2.05) is 0 Å². The second kappa shape index (κ2) is 4.98. The molecule has 0 aliphatic carbocycles. The van der Waals surface area contributed by atoms with Crippen LogP contribution in [0.3, 0.4) is 0 Å². The third-order valence-corrected chi connectivity index (χ3v) is 3.89. The summed E-state index contributed by atoms with van der Waals surface area (Å²) in [7, 11) is 0. The number of aliphatic carboxylic acids is 1. The molecule has 2 rings (SSSR count). The summed E-state index contributed by atoms with van der Waals surface area (Å²) >= 11 is 0. The number of aryl methyl sites for hydroxylation is 1. The van der Waals surface area contributed by atoms with Crippen molar-refractivity contribution in [2.24, 2.45) is 0 Å². The maximum atomic E-state index is 14.0. The summed E-state index contributed by atoms with van der Waals surface area (Å²) in [6, 6.07) is 0. The zero-order chi connectivity index (χ0) is 15.9. The smallest absolute Gasteiger partial charge is 0.343 e. The number of likely N-dealkylation sites (tertiary alicyclic amines) is 1. The van der Waals surface area contributed by atoms with Crippen molar-refractivity contribution in [2.45, 2.75) is 32.9 Å². The number of amides is 1. The lowest BCUT2D eigenvalue weighted by Gasteiger charge is -2.17. The van der Waals surface area contributed by atoms with Crippen LogP contribution in [0.4, 0.5) is 4.39 Å². The monoisotopic (exact) mass is 296 g/mol. The largest absolute Gasteiger partial charge is 0.479 e. The highest BCUT2D eigenvalue weighted by Gasteiger charge is 2.47. The van der Waals surface area contributed by atoms with Gasteiger partial charge < -0.3 is 15.0 Å². The first-order valence-electron chi connectivity index (χ1n) is 6.59. The standard InChI is InChI=1S/C14H17FN2O4/c1-7-10(9(3)18)8(2)16-11(7)12(19)17-5-4-14(15,6-17)13(20)21/h16H,4-6H2,1-3H3,(H,20,21). The first-order valence-corrected chi connectivity index (χ1v) is 6.59. The Labute approximate surface area is 120 Å². The highest BCUT2D eigenvalue weighted by molar-refractivity contribution is 6.02. The third-order valence-electron chi connectivity index (χ3n) is 3.89. The van der Waals surface area contributed by atoms with Crippen molar-refractivity contribution >= 4 is 17.7 Å². The molecule has 2 heterocycles. The fourth-order valence-corrected chi connectivity index (χ4v) is 2.77. The number of alkyl halides is 1. The van der Waals surface area contributed by atoms with Crippen LogP contribution < -0.4 is 0 Å². The number of nitrogens with one attached hydrogen (secondary N) is 1. The number of carboxylic acids is 1. The van der Waals surface area contributed by atoms with Gasteiger partial charge in [0.1, 0.15) is 5.69 Å². The van der Waals surface area contributed by atoms with E-state index >= 15 is 0 Å². The Morgan fingerprint density at radius 3 is 2.38 bits per heavy atom. The van der Waals surface area contributed by atoms with E-state index in [0.29, 0.717) is 16.8 Å². The van der Waals surface area contributed by atoms with Crippen LogP contribution in [0.25, 0.3) is 0 Å². The first kappa shape index (κ1) is 15.2. The number of halogens is 1. The number of ketones is 1. The average Bonchev–Trinajstić information content (AvgIpc) is 2.91. The van der Waals surface area contributed by atoms with Gasteiger partial charge in [-0.25, -0.2) is 9.18 Å². The number of aromatic amines is 1. The maximum Gasteiger partial charge on any atom is 0.343 e. The molecule has 0 aromatic carbocycles. The quantitative estimate of drug-likeness (QED) is 0.826. The molecule has 2 N–H and O–H groups in total.